The van der Waals surface area contributed by atoms with E-state index in [9.17, 15) is 4.79 Å². The summed E-state index contributed by atoms with van der Waals surface area (Å²) in [5.41, 5.74) is 0.806. The molecule has 0 N–H and O–H groups in total. The maximum atomic E-state index is 11.6. The second-order valence-electron chi connectivity index (χ2n) is 4.49. The van der Waals surface area contributed by atoms with Crippen LogP contribution >= 0.6 is 23.2 Å². The van der Waals surface area contributed by atoms with Crippen LogP contribution in [0, 0.1) is 5.92 Å². The zero-order valence-corrected chi connectivity index (χ0v) is 11.8. The summed E-state index contributed by atoms with van der Waals surface area (Å²) in [5.74, 6) is -0.309. The Bertz CT molecular complexity index is 628. The van der Waals surface area contributed by atoms with Crippen LogP contribution in [0.25, 0.3) is 11.5 Å². The molecule has 1 aliphatic rings. The van der Waals surface area contributed by atoms with Crippen molar-refractivity contribution in [3.05, 3.63) is 36.2 Å². The van der Waals surface area contributed by atoms with Gasteiger partial charge in [0.1, 0.15) is 4.33 Å². The van der Waals surface area contributed by atoms with Crippen molar-refractivity contribution >= 4 is 29.2 Å². The lowest BCUT2D eigenvalue weighted by atomic mass is 10.2. The summed E-state index contributed by atoms with van der Waals surface area (Å²) in [7, 11) is 0. The van der Waals surface area contributed by atoms with Crippen LogP contribution in [0.1, 0.15) is 12.3 Å². The molecule has 1 aliphatic carbocycles. The maximum Gasteiger partial charge on any atom is 0.312 e. The zero-order valence-electron chi connectivity index (χ0n) is 10.3. The number of carbonyl (C=O) groups excluding carboxylic acids is 1. The number of hydrogen-bond donors (Lipinski definition) is 0. The Balaban J connectivity index is 1.60. The molecule has 0 radical (unpaired) electrons. The van der Waals surface area contributed by atoms with Crippen molar-refractivity contribution in [2.75, 3.05) is 0 Å². The normalized spacial score (nSPS) is 19.6. The Kier molecular flexibility index (Phi) is 3.40. The summed E-state index contributed by atoms with van der Waals surface area (Å²) in [6.45, 7) is -0.0843. The van der Waals surface area contributed by atoms with E-state index in [2.05, 4.69) is 10.2 Å². The molecule has 1 aromatic heterocycles. The van der Waals surface area contributed by atoms with E-state index < -0.39 is 16.2 Å². The molecule has 0 bridgehead atoms. The quantitative estimate of drug-likeness (QED) is 0.641. The number of hydrogen-bond acceptors (Lipinski definition) is 5. The number of carbonyl (C=O) groups is 1. The summed E-state index contributed by atoms with van der Waals surface area (Å²) in [5, 5.41) is 7.71. The van der Waals surface area contributed by atoms with Crippen molar-refractivity contribution in [3.8, 4) is 11.5 Å². The number of nitrogens with zero attached hydrogens (tertiary/aromatic N) is 2. The number of alkyl halides is 2. The number of benzene rings is 1. The molecule has 1 fully saturated rings. The lowest BCUT2D eigenvalue weighted by molar-refractivity contribution is -0.147. The standard InChI is InChI=1S/C13H10Cl2N2O3/c14-13(15)6-9(13)12(18)19-7-10-16-17-11(20-10)8-4-2-1-3-5-8/h1-5,9H,6-7H2. The molecule has 1 saturated carbocycles. The Hall–Kier alpha value is -1.59. The predicted molar refractivity (Wildman–Crippen MR) is 72.1 cm³/mol. The van der Waals surface area contributed by atoms with Gasteiger partial charge < -0.3 is 9.15 Å². The minimum Gasteiger partial charge on any atom is -0.455 e. The van der Waals surface area contributed by atoms with E-state index in [0.717, 1.165) is 5.56 Å². The van der Waals surface area contributed by atoms with Crippen LogP contribution in [0.4, 0.5) is 0 Å². The number of rotatable bonds is 4. The Labute approximate surface area is 124 Å². The van der Waals surface area contributed by atoms with E-state index in [1.165, 1.54) is 0 Å². The third-order valence-corrected chi connectivity index (χ3v) is 3.77. The third kappa shape index (κ3) is 2.78. The average Bonchev–Trinajstić information content (AvgIpc) is 2.89. The van der Waals surface area contributed by atoms with Crippen molar-refractivity contribution in [3.63, 3.8) is 0 Å². The van der Waals surface area contributed by atoms with Gasteiger partial charge in [-0.2, -0.15) is 0 Å². The molecule has 1 unspecified atom stereocenters. The van der Waals surface area contributed by atoms with Crippen molar-refractivity contribution in [2.24, 2.45) is 5.92 Å². The van der Waals surface area contributed by atoms with Gasteiger partial charge in [-0.05, 0) is 18.6 Å². The van der Waals surface area contributed by atoms with Gasteiger partial charge in [-0.1, -0.05) is 18.2 Å². The molecule has 5 nitrogen and oxygen atoms in total. The van der Waals surface area contributed by atoms with Crippen LogP contribution in [0.15, 0.2) is 34.7 Å². The van der Waals surface area contributed by atoms with Gasteiger partial charge in [0.2, 0.25) is 5.89 Å². The largest absolute Gasteiger partial charge is 0.455 e. The van der Waals surface area contributed by atoms with Crippen molar-refractivity contribution in [1.29, 1.82) is 0 Å². The van der Waals surface area contributed by atoms with E-state index in [1.54, 1.807) is 0 Å². The van der Waals surface area contributed by atoms with Gasteiger partial charge >= 0.3 is 5.97 Å². The van der Waals surface area contributed by atoms with E-state index in [-0.39, 0.29) is 12.5 Å². The van der Waals surface area contributed by atoms with Gasteiger partial charge in [0.15, 0.2) is 6.61 Å². The zero-order chi connectivity index (χ0) is 14.2. The fourth-order valence-electron chi connectivity index (χ4n) is 1.71. The van der Waals surface area contributed by atoms with Gasteiger partial charge in [0, 0.05) is 5.56 Å². The number of aromatic nitrogens is 2. The average molecular weight is 313 g/mol. The monoisotopic (exact) mass is 312 g/mol. The molecule has 1 aromatic carbocycles. The number of ether oxygens (including phenoxy) is 1. The van der Waals surface area contributed by atoms with Gasteiger partial charge in [-0.3, -0.25) is 4.79 Å². The molecule has 1 atom stereocenters. The molecule has 0 aliphatic heterocycles. The molecule has 2 aromatic rings. The Morgan fingerprint density at radius 2 is 2.05 bits per heavy atom. The van der Waals surface area contributed by atoms with Crippen LogP contribution < -0.4 is 0 Å². The molecule has 0 spiro atoms. The van der Waals surface area contributed by atoms with Gasteiger partial charge in [0.05, 0.1) is 5.92 Å². The van der Waals surface area contributed by atoms with Crippen molar-refractivity contribution in [1.82, 2.24) is 10.2 Å². The van der Waals surface area contributed by atoms with Crippen molar-refractivity contribution < 1.29 is 13.9 Å². The summed E-state index contributed by atoms with van der Waals surface area (Å²) in [6, 6.07) is 9.33. The smallest absolute Gasteiger partial charge is 0.312 e. The van der Waals surface area contributed by atoms with Crippen LogP contribution in [-0.2, 0) is 16.1 Å². The Morgan fingerprint density at radius 1 is 1.35 bits per heavy atom. The van der Waals surface area contributed by atoms with Crippen LogP contribution in [0.3, 0.4) is 0 Å². The predicted octanol–water partition coefficient (Wildman–Crippen LogP) is 2.97. The first-order chi connectivity index (χ1) is 9.56. The van der Waals surface area contributed by atoms with Crippen molar-refractivity contribution in [2.45, 2.75) is 17.4 Å². The first-order valence-electron chi connectivity index (χ1n) is 5.98. The summed E-state index contributed by atoms with van der Waals surface area (Å²) in [4.78, 5) is 11.6. The van der Waals surface area contributed by atoms with Crippen LogP contribution in [0.5, 0.6) is 0 Å². The highest BCUT2D eigenvalue weighted by molar-refractivity contribution is 6.52. The van der Waals surface area contributed by atoms with E-state index in [4.69, 9.17) is 32.4 Å². The highest BCUT2D eigenvalue weighted by Crippen LogP contribution is 2.53. The van der Waals surface area contributed by atoms with Crippen LogP contribution in [0.2, 0.25) is 0 Å². The molecular formula is C13H10Cl2N2O3. The third-order valence-electron chi connectivity index (χ3n) is 2.94. The topological polar surface area (TPSA) is 65.2 Å². The minimum atomic E-state index is -0.985. The first kappa shape index (κ1) is 13.4. The molecule has 0 saturated heterocycles. The van der Waals surface area contributed by atoms with Crippen LogP contribution in [-0.4, -0.2) is 20.5 Å². The van der Waals surface area contributed by atoms with Gasteiger partial charge in [-0.15, -0.1) is 33.4 Å². The number of esters is 1. The Morgan fingerprint density at radius 3 is 2.70 bits per heavy atom. The first-order valence-corrected chi connectivity index (χ1v) is 6.74. The SMILES string of the molecule is O=C(OCc1nnc(-c2ccccc2)o1)C1CC1(Cl)Cl. The lowest BCUT2D eigenvalue weighted by Gasteiger charge is -2.01. The minimum absolute atomic E-state index is 0.0843. The number of halogens is 2. The second kappa shape index (κ2) is 5.07. The molecule has 3 rings (SSSR count). The molecule has 0 amide bonds. The van der Waals surface area contributed by atoms with Gasteiger partial charge in [0.25, 0.3) is 5.89 Å². The van der Waals surface area contributed by atoms with E-state index in [1.807, 2.05) is 30.3 Å². The highest BCUT2D eigenvalue weighted by Gasteiger charge is 2.57. The summed E-state index contributed by atoms with van der Waals surface area (Å²) < 4.78 is 9.45. The fraction of sp³-hybridized carbons (Fsp3) is 0.308. The molecule has 1 heterocycles. The fourth-order valence-corrected chi connectivity index (χ4v) is 2.20. The lowest BCUT2D eigenvalue weighted by Crippen LogP contribution is -2.10. The van der Waals surface area contributed by atoms with E-state index >= 15 is 0 Å². The molecular weight excluding hydrogens is 303 g/mol. The highest BCUT2D eigenvalue weighted by atomic mass is 35.5. The molecule has 20 heavy (non-hydrogen) atoms. The molecule has 7 heteroatoms. The summed E-state index contributed by atoms with van der Waals surface area (Å²) in [6.07, 6.45) is 0.411. The maximum absolute atomic E-state index is 11.6. The van der Waals surface area contributed by atoms with Gasteiger partial charge in [-0.25, -0.2) is 0 Å². The second-order valence-corrected chi connectivity index (χ2v) is 6.03. The summed E-state index contributed by atoms with van der Waals surface area (Å²) >= 11 is 11.6. The molecule has 104 valence electrons. The van der Waals surface area contributed by atoms with E-state index in [0.29, 0.717) is 12.3 Å².